The van der Waals surface area contributed by atoms with Crippen LogP contribution in [0.2, 0.25) is 5.02 Å². The van der Waals surface area contributed by atoms with Crippen LogP contribution in [-0.4, -0.2) is 28.3 Å². The molecule has 8 heteroatoms. The summed E-state index contributed by atoms with van der Waals surface area (Å²) in [6.07, 6.45) is 0.124. The van der Waals surface area contributed by atoms with Crippen molar-refractivity contribution in [1.29, 1.82) is 0 Å². The molecule has 0 atom stereocenters. The van der Waals surface area contributed by atoms with E-state index < -0.39 is 5.82 Å². The van der Waals surface area contributed by atoms with Gasteiger partial charge in [-0.3, -0.25) is 14.3 Å². The molecule has 1 amide bonds. The fourth-order valence-corrected chi connectivity index (χ4v) is 2.79. The third-order valence-corrected chi connectivity index (χ3v) is 4.30. The number of benzene rings is 1. The predicted octanol–water partition coefficient (Wildman–Crippen LogP) is 2.71. The first-order valence-corrected chi connectivity index (χ1v) is 8.58. The lowest BCUT2D eigenvalue weighted by molar-refractivity contribution is -0.144. The number of nitrogens with one attached hydrogen (secondary N) is 1. The third kappa shape index (κ3) is 5.05. The number of aryl methyl sites for hydroxylation is 1. The Bertz CT molecular complexity index is 820. The van der Waals surface area contributed by atoms with Gasteiger partial charge in [-0.25, -0.2) is 4.39 Å². The van der Waals surface area contributed by atoms with Crippen LogP contribution in [0.4, 0.5) is 4.39 Å². The summed E-state index contributed by atoms with van der Waals surface area (Å²) < 4.78 is 19.5. The molecular weight excluding hydrogens is 361 g/mol. The molecule has 0 unspecified atom stereocenters. The van der Waals surface area contributed by atoms with Crippen LogP contribution < -0.4 is 5.32 Å². The number of halogens is 2. The minimum Gasteiger partial charge on any atom is -0.465 e. The Balaban J connectivity index is 2.00. The summed E-state index contributed by atoms with van der Waals surface area (Å²) in [6.45, 7) is 5.84. The SMILES string of the molecule is CCOC(=O)Cn1nc(C)c(CC(=O)NCc2ccc(F)cc2Cl)c1C. The van der Waals surface area contributed by atoms with Crippen LogP contribution in [0.25, 0.3) is 0 Å². The molecule has 140 valence electrons. The number of hydrogen-bond acceptors (Lipinski definition) is 4. The molecule has 6 nitrogen and oxygen atoms in total. The van der Waals surface area contributed by atoms with Crippen LogP contribution in [-0.2, 0) is 33.8 Å². The molecule has 1 N–H and O–H groups in total. The maximum Gasteiger partial charge on any atom is 0.327 e. The predicted molar refractivity (Wildman–Crippen MR) is 95.3 cm³/mol. The molecule has 2 aromatic rings. The maximum atomic E-state index is 13.0. The Labute approximate surface area is 156 Å². The van der Waals surface area contributed by atoms with E-state index in [1.54, 1.807) is 20.8 Å². The van der Waals surface area contributed by atoms with E-state index in [1.165, 1.54) is 22.9 Å². The highest BCUT2D eigenvalue weighted by atomic mass is 35.5. The van der Waals surface area contributed by atoms with Crippen molar-refractivity contribution in [3.8, 4) is 0 Å². The number of hydrogen-bond donors (Lipinski definition) is 1. The topological polar surface area (TPSA) is 73.2 Å². The van der Waals surface area contributed by atoms with Gasteiger partial charge in [-0.05, 0) is 38.5 Å². The van der Waals surface area contributed by atoms with Crippen molar-refractivity contribution < 1.29 is 18.7 Å². The van der Waals surface area contributed by atoms with Crippen molar-refractivity contribution >= 4 is 23.5 Å². The van der Waals surface area contributed by atoms with Crippen LogP contribution in [0.15, 0.2) is 18.2 Å². The summed E-state index contributed by atoms with van der Waals surface area (Å²) in [6, 6.07) is 4.03. The monoisotopic (exact) mass is 381 g/mol. The number of esters is 1. The van der Waals surface area contributed by atoms with Crippen LogP contribution in [0.5, 0.6) is 0 Å². The van der Waals surface area contributed by atoms with Gasteiger partial charge in [0.05, 0.1) is 18.7 Å². The van der Waals surface area contributed by atoms with E-state index in [9.17, 15) is 14.0 Å². The van der Waals surface area contributed by atoms with Crippen molar-refractivity contribution in [2.24, 2.45) is 0 Å². The van der Waals surface area contributed by atoms with Gasteiger partial charge in [0, 0.05) is 22.8 Å². The molecule has 2 rings (SSSR count). The second kappa shape index (κ2) is 8.80. The number of aromatic nitrogens is 2. The Morgan fingerprint density at radius 1 is 1.35 bits per heavy atom. The van der Waals surface area contributed by atoms with Gasteiger partial charge in [0.15, 0.2) is 0 Å². The van der Waals surface area contributed by atoms with Crippen molar-refractivity contribution in [2.75, 3.05) is 6.61 Å². The van der Waals surface area contributed by atoms with Crippen LogP contribution in [0, 0.1) is 19.7 Å². The van der Waals surface area contributed by atoms with Gasteiger partial charge >= 0.3 is 5.97 Å². The Hall–Kier alpha value is -2.41. The zero-order chi connectivity index (χ0) is 19.3. The fourth-order valence-electron chi connectivity index (χ4n) is 2.55. The first-order chi connectivity index (χ1) is 12.3. The van der Waals surface area contributed by atoms with Gasteiger partial charge in [-0.2, -0.15) is 5.10 Å². The summed E-state index contributed by atoms with van der Waals surface area (Å²) in [5, 5.41) is 7.32. The molecule has 0 radical (unpaired) electrons. The van der Waals surface area contributed by atoms with Crippen LogP contribution >= 0.6 is 11.6 Å². The third-order valence-electron chi connectivity index (χ3n) is 3.94. The van der Waals surface area contributed by atoms with E-state index in [1.807, 2.05) is 0 Å². The zero-order valence-corrected chi connectivity index (χ0v) is 15.7. The second-order valence-electron chi connectivity index (χ2n) is 5.80. The normalized spacial score (nSPS) is 10.7. The van der Waals surface area contributed by atoms with E-state index in [4.69, 9.17) is 16.3 Å². The highest BCUT2D eigenvalue weighted by molar-refractivity contribution is 6.31. The van der Waals surface area contributed by atoms with E-state index in [-0.39, 0.29) is 36.4 Å². The summed E-state index contributed by atoms with van der Waals surface area (Å²) in [4.78, 5) is 23.9. The van der Waals surface area contributed by atoms with Crippen molar-refractivity contribution in [3.05, 3.63) is 51.6 Å². The Morgan fingerprint density at radius 2 is 2.08 bits per heavy atom. The van der Waals surface area contributed by atoms with E-state index >= 15 is 0 Å². The summed E-state index contributed by atoms with van der Waals surface area (Å²) in [5.41, 5.74) is 2.82. The van der Waals surface area contributed by atoms with Gasteiger partial charge in [0.2, 0.25) is 5.91 Å². The molecule has 0 saturated carbocycles. The van der Waals surface area contributed by atoms with Crippen LogP contribution in [0.1, 0.15) is 29.4 Å². The van der Waals surface area contributed by atoms with Gasteiger partial charge in [0.25, 0.3) is 0 Å². The molecular formula is C18H21ClFN3O3. The minimum atomic E-state index is -0.426. The number of amides is 1. The second-order valence-corrected chi connectivity index (χ2v) is 6.21. The molecule has 0 aliphatic rings. The van der Waals surface area contributed by atoms with Crippen molar-refractivity contribution in [1.82, 2.24) is 15.1 Å². The average Bonchev–Trinajstić information content (AvgIpc) is 2.81. The minimum absolute atomic E-state index is 0.00726. The van der Waals surface area contributed by atoms with Crippen LogP contribution in [0.3, 0.4) is 0 Å². The first-order valence-electron chi connectivity index (χ1n) is 8.21. The lowest BCUT2D eigenvalue weighted by atomic mass is 10.1. The number of ether oxygens (including phenoxy) is 1. The highest BCUT2D eigenvalue weighted by Gasteiger charge is 2.17. The average molecular weight is 382 g/mol. The fraction of sp³-hybridized carbons (Fsp3) is 0.389. The summed E-state index contributed by atoms with van der Waals surface area (Å²) in [7, 11) is 0. The molecule has 0 saturated heterocycles. The van der Waals surface area contributed by atoms with Gasteiger partial charge in [0.1, 0.15) is 12.4 Å². The van der Waals surface area contributed by atoms with Gasteiger partial charge in [-0.15, -0.1) is 0 Å². The number of carbonyl (C=O) groups excluding carboxylic acids is 2. The quantitative estimate of drug-likeness (QED) is 0.748. The molecule has 0 fully saturated rings. The standard InChI is InChI=1S/C18H21ClFN3O3/c1-4-26-18(25)10-23-12(3)15(11(2)22-23)8-17(24)21-9-13-5-6-14(20)7-16(13)19/h5-7H,4,8-10H2,1-3H3,(H,21,24). The molecule has 1 aromatic carbocycles. The molecule has 0 aliphatic heterocycles. The molecule has 0 bridgehead atoms. The first kappa shape index (κ1) is 19.9. The van der Waals surface area contributed by atoms with Gasteiger partial charge < -0.3 is 10.1 Å². The molecule has 26 heavy (non-hydrogen) atoms. The molecule has 0 spiro atoms. The molecule has 0 aliphatic carbocycles. The maximum absolute atomic E-state index is 13.0. The number of carbonyl (C=O) groups is 2. The number of nitrogens with zero attached hydrogens (tertiary/aromatic N) is 2. The molecule has 1 heterocycles. The lowest BCUT2D eigenvalue weighted by Gasteiger charge is -2.08. The Kier molecular flexibility index (Phi) is 6.74. The van der Waals surface area contributed by atoms with E-state index in [0.717, 1.165) is 11.3 Å². The largest absolute Gasteiger partial charge is 0.465 e. The summed E-state index contributed by atoms with van der Waals surface area (Å²) >= 11 is 5.95. The van der Waals surface area contributed by atoms with Crippen molar-refractivity contribution in [3.63, 3.8) is 0 Å². The van der Waals surface area contributed by atoms with E-state index in [0.29, 0.717) is 17.9 Å². The number of rotatable bonds is 7. The highest BCUT2D eigenvalue weighted by Crippen LogP contribution is 2.17. The smallest absolute Gasteiger partial charge is 0.327 e. The van der Waals surface area contributed by atoms with E-state index in [2.05, 4.69) is 10.4 Å². The summed E-state index contributed by atoms with van der Waals surface area (Å²) in [5.74, 6) is -1.02. The Morgan fingerprint density at radius 3 is 2.73 bits per heavy atom. The zero-order valence-electron chi connectivity index (χ0n) is 14.9. The molecule has 1 aromatic heterocycles. The van der Waals surface area contributed by atoms with Gasteiger partial charge in [-0.1, -0.05) is 17.7 Å². The van der Waals surface area contributed by atoms with Crippen molar-refractivity contribution in [2.45, 2.75) is 40.3 Å². The lowest BCUT2D eigenvalue weighted by Crippen LogP contribution is -2.25.